The van der Waals surface area contributed by atoms with Gasteiger partial charge in [0, 0.05) is 59.7 Å². The number of benzene rings is 4. The van der Waals surface area contributed by atoms with Crippen LogP contribution in [0.25, 0.3) is 10.9 Å². The van der Waals surface area contributed by atoms with Crippen molar-refractivity contribution >= 4 is 34.3 Å². The molecule has 1 atom stereocenters. The predicted octanol–water partition coefficient (Wildman–Crippen LogP) is 9.12. The first-order valence-corrected chi connectivity index (χ1v) is 22.9. The van der Waals surface area contributed by atoms with Crippen LogP contribution < -0.4 is 35.3 Å². The molecule has 0 spiro atoms. The van der Waals surface area contributed by atoms with Crippen molar-refractivity contribution in [2.75, 3.05) is 32.0 Å². The highest BCUT2D eigenvalue weighted by molar-refractivity contribution is 5.96. The van der Waals surface area contributed by atoms with Gasteiger partial charge in [-0.05, 0) is 135 Å². The van der Waals surface area contributed by atoms with Crippen LogP contribution in [0, 0.1) is 5.41 Å². The van der Waals surface area contributed by atoms with Gasteiger partial charge in [-0.15, -0.1) is 0 Å². The molecule has 2 fully saturated rings. The Kier molecular flexibility index (Phi) is 11.2. The number of H-pyrrole nitrogens is 1. The Hall–Kier alpha value is -6.01. The largest absolute Gasteiger partial charge is 0.454 e. The highest BCUT2D eigenvalue weighted by atomic mass is 16.7. The summed E-state index contributed by atoms with van der Waals surface area (Å²) in [5.41, 5.74) is 13.0. The molecule has 1 aromatic heterocycles. The van der Waals surface area contributed by atoms with E-state index in [2.05, 4.69) is 73.6 Å². The first-order chi connectivity index (χ1) is 30.9. The van der Waals surface area contributed by atoms with Crippen LogP contribution in [-0.4, -0.2) is 61.0 Å². The van der Waals surface area contributed by atoms with E-state index in [4.69, 9.17) is 29.4 Å². The normalized spacial score (nSPS) is 18.2. The molecule has 4 aromatic carbocycles. The van der Waals surface area contributed by atoms with Crippen molar-refractivity contribution < 1.29 is 38.1 Å². The molecule has 12 nitrogen and oxygen atoms in total. The van der Waals surface area contributed by atoms with Crippen LogP contribution in [0.3, 0.4) is 0 Å². The van der Waals surface area contributed by atoms with Gasteiger partial charge in [-0.2, -0.15) is 0 Å². The van der Waals surface area contributed by atoms with Crippen molar-refractivity contribution in [3.8, 4) is 23.0 Å². The number of fused-ring (bicyclic) bond motifs is 4. The molecule has 12 heteroatoms. The summed E-state index contributed by atoms with van der Waals surface area (Å²) in [6.07, 6.45) is 4.83. The second kappa shape index (κ2) is 16.5. The van der Waals surface area contributed by atoms with E-state index >= 15 is 0 Å². The maximum absolute atomic E-state index is 13.4. The number of carbonyl (C=O) groups excluding carboxylic acids is 3. The topological polar surface area (TPSA) is 163 Å². The minimum absolute atomic E-state index is 0.105. The van der Waals surface area contributed by atoms with E-state index in [-0.39, 0.29) is 47.4 Å². The molecule has 4 heterocycles. The first kappa shape index (κ1) is 44.2. The molecule has 0 bridgehead atoms. The van der Waals surface area contributed by atoms with Crippen LogP contribution in [-0.2, 0) is 49.8 Å². The molecule has 5 aliphatic rings. The Morgan fingerprint density at radius 2 is 1.26 bits per heavy atom. The lowest BCUT2D eigenvalue weighted by Gasteiger charge is -2.32. The zero-order valence-electron chi connectivity index (χ0n) is 38.7. The van der Waals surface area contributed by atoms with Crippen molar-refractivity contribution in [1.29, 1.82) is 0 Å². The third-order valence-electron chi connectivity index (χ3n) is 14.0. The van der Waals surface area contributed by atoms with E-state index in [9.17, 15) is 14.4 Å². The van der Waals surface area contributed by atoms with Crippen LogP contribution in [0.15, 0.2) is 78.9 Å². The van der Waals surface area contributed by atoms with Crippen molar-refractivity contribution in [2.24, 2.45) is 11.1 Å². The molecule has 0 radical (unpaired) electrons. The standard InChI is InChI=1S/C29H36N2O5.C24H26N2O3/c1-27(2,3)36-26(33)30-16-28(4,5)24-14-19-12-18(6-8-21(19)31-24)13-25(32)29(10-11-29)20-7-9-22-23(15-20)35-17-34-22;1-23(2,13-25)21-11-16-9-15(3-5-18(16)26-21)10-22(27)24(7-8-24)17-4-6-19-20(12-17)29-14-28-19/h6-9,12,15,24,31H,10-11,13-14,16-17H2,1-5H3,(H,30,33);3-6,9,11-12,26H,7-8,10,13-14,25H2,1-2H3. The zero-order valence-corrected chi connectivity index (χ0v) is 38.7. The van der Waals surface area contributed by atoms with Gasteiger partial charge in [-0.25, -0.2) is 4.79 Å². The molecule has 10 rings (SSSR count). The number of anilines is 1. The summed E-state index contributed by atoms with van der Waals surface area (Å²) in [6.45, 7) is 15.7. The van der Waals surface area contributed by atoms with Gasteiger partial charge >= 0.3 is 6.09 Å². The van der Waals surface area contributed by atoms with Crippen molar-refractivity contribution in [2.45, 2.75) is 121 Å². The Bertz CT molecular complexity index is 2670. The van der Waals surface area contributed by atoms with E-state index in [1.807, 2.05) is 69.3 Å². The number of aromatic nitrogens is 1. The summed E-state index contributed by atoms with van der Waals surface area (Å²) in [6, 6.07) is 26.6. The number of Topliss-reactive ketones (excluding diaryl/α,β-unsaturated/α-hetero) is 2. The quantitative estimate of drug-likeness (QED) is 0.0897. The number of alkyl carbamates (subject to hydrolysis) is 1. The Labute approximate surface area is 381 Å². The summed E-state index contributed by atoms with van der Waals surface area (Å²) < 4.78 is 27.2. The molecule has 5 N–H and O–H groups in total. The van der Waals surface area contributed by atoms with Gasteiger partial charge in [0.2, 0.25) is 13.6 Å². The average molecular weight is 883 g/mol. The number of ketones is 2. The first-order valence-electron chi connectivity index (χ1n) is 22.9. The van der Waals surface area contributed by atoms with Crippen molar-refractivity contribution in [3.63, 3.8) is 0 Å². The monoisotopic (exact) mass is 882 g/mol. The maximum Gasteiger partial charge on any atom is 0.407 e. The third kappa shape index (κ3) is 9.02. The average Bonchev–Trinajstić information content (AvgIpc) is 3.96. The number of hydrogen-bond acceptors (Lipinski definition) is 10. The fourth-order valence-electron chi connectivity index (χ4n) is 9.31. The predicted molar refractivity (Wildman–Crippen MR) is 250 cm³/mol. The Morgan fingerprint density at radius 3 is 1.82 bits per heavy atom. The third-order valence-corrected chi connectivity index (χ3v) is 14.0. The molecule has 2 saturated carbocycles. The summed E-state index contributed by atoms with van der Waals surface area (Å²) in [7, 11) is 0. The van der Waals surface area contributed by atoms with E-state index in [1.54, 1.807) is 0 Å². The van der Waals surface area contributed by atoms with Crippen LogP contribution in [0.1, 0.15) is 108 Å². The minimum atomic E-state index is -0.522. The highest BCUT2D eigenvalue weighted by Gasteiger charge is 2.52. The molecule has 2 aliphatic carbocycles. The Balaban J connectivity index is 0.000000168. The van der Waals surface area contributed by atoms with Crippen molar-refractivity contribution in [1.82, 2.24) is 10.3 Å². The van der Waals surface area contributed by atoms with Gasteiger partial charge in [0.1, 0.15) is 17.2 Å². The summed E-state index contributed by atoms with van der Waals surface area (Å²) >= 11 is 0. The fourth-order valence-corrected chi connectivity index (χ4v) is 9.31. The molecular weight excluding hydrogens is 821 g/mol. The lowest BCUT2D eigenvalue weighted by Crippen LogP contribution is -2.45. The zero-order chi connectivity index (χ0) is 45.9. The van der Waals surface area contributed by atoms with E-state index in [0.29, 0.717) is 25.9 Å². The summed E-state index contributed by atoms with van der Waals surface area (Å²) in [5.74, 6) is 3.49. The number of nitrogens with one attached hydrogen (secondary N) is 3. The maximum atomic E-state index is 13.4. The Morgan fingerprint density at radius 1 is 0.708 bits per heavy atom. The molecule has 65 heavy (non-hydrogen) atoms. The molecule has 342 valence electrons. The lowest BCUT2D eigenvalue weighted by atomic mass is 9.82. The minimum Gasteiger partial charge on any atom is -0.454 e. The number of nitrogens with two attached hydrogens (primary N) is 1. The smallest absolute Gasteiger partial charge is 0.407 e. The molecule has 1 unspecified atom stereocenters. The summed E-state index contributed by atoms with van der Waals surface area (Å²) in [4.78, 5) is 42.3. The summed E-state index contributed by atoms with van der Waals surface area (Å²) in [5, 5.41) is 7.65. The number of aromatic amines is 1. The van der Waals surface area contributed by atoms with Crippen LogP contribution in [0.2, 0.25) is 0 Å². The fraction of sp³-hybridized carbons (Fsp3) is 0.453. The van der Waals surface area contributed by atoms with E-state index in [0.717, 1.165) is 99.6 Å². The molecular formula is C53H62N4O8. The molecule has 0 saturated heterocycles. The van der Waals surface area contributed by atoms with Crippen LogP contribution in [0.4, 0.5) is 10.5 Å². The second-order valence-corrected chi connectivity index (χ2v) is 20.9. The molecule has 3 aliphatic heterocycles. The van der Waals surface area contributed by atoms with Gasteiger partial charge in [0.05, 0.1) is 10.8 Å². The number of rotatable bonds is 13. The number of carbonyl (C=O) groups is 3. The number of hydrogen-bond donors (Lipinski definition) is 4. The lowest BCUT2D eigenvalue weighted by molar-refractivity contribution is -0.121. The van der Waals surface area contributed by atoms with Crippen LogP contribution in [0.5, 0.6) is 23.0 Å². The van der Waals surface area contributed by atoms with E-state index < -0.39 is 17.1 Å². The van der Waals surface area contributed by atoms with Gasteiger partial charge in [-0.1, -0.05) is 58.0 Å². The van der Waals surface area contributed by atoms with Gasteiger partial charge in [0.25, 0.3) is 0 Å². The molecule has 1 amide bonds. The SMILES string of the molecule is CC(C)(C)OC(=O)NCC(C)(C)C1Cc2cc(CC(=O)C3(c4ccc5c(c4)OCO5)CC3)ccc2N1.CC(C)(CN)c1cc2cc(CC(=O)C3(c4ccc5c(c4)OCO5)CC3)ccc2[nH]1. The highest BCUT2D eigenvalue weighted by Crippen LogP contribution is 2.53. The van der Waals surface area contributed by atoms with Gasteiger partial charge in [0.15, 0.2) is 23.0 Å². The molecule has 5 aromatic rings. The van der Waals surface area contributed by atoms with Gasteiger partial charge < -0.3 is 45.0 Å². The second-order valence-electron chi connectivity index (χ2n) is 20.9. The number of ether oxygens (including phenoxy) is 5. The van der Waals surface area contributed by atoms with E-state index in [1.165, 1.54) is 5.56 Å². The van der Waals surface area contributed by atoms with Crippen LogP contribution >= 0.6 is 0 Å². The van der Waals surface area contributed by atoms with Crippen molar-refractivity contribution in [3.05, 3.63) is 112 Å². The van der Waals surface area contributed by atoms with Gasteiger partial charge in [-0.3, -0.25) is 9.59 Å². The number of amides is 1.